The number of ether oxygens (including phenoxy) is 1. The van der Waals surface area contributed by atoms with Crippen molar-refractivity contribution in [2.24, 2.45) is 0 Å². The van der Waals surface area contributed by atoms with Gasteiger partial charge in [0, 0.05) is 33.1 Å². The fraction of sp³-hybridized carbons (Fsp3) is 0.125. The van der Waals surface area contributed by atoms with Crippen molar-refractivity contribution in [2.75, 3.05) is 19.4 Å². The minimum absolute atomic E-state index is 0.197. The number of hydrogen-bond donors (Lipinski definition) is 2. The zero-order chi connectivity index (χ0) is 20.9. The Kier molecular flexibility index (Phi) is 6.31. The van der Waals surface area contributed by atoms with E-state index in [1.165, 1.54) is 17.4 Å². The zero-order valence-corrected chi connectivity index (χ0v) is 18.0. The highest BCUT2D eigenvalue weighted by Crippen LogP contribution is 2.37. The molecule has 3 aromatic carbocycles. The smallest absolute Gasteiger partial charge is 0.255 e. The van der Waals surface area contributed by atoms with E-state index in [0.717, 1.165) is 22.5 Å². The van der Waals surface area contributed by atoms with Gasteiger partial charge in [0.2, 0.25) is 0 Å². The average Bonchev–Trinajstić information content (AvgIpc) is 3.15. The molecule has 0 aliphatic carbocycles. The normalized spacial score (nSPS) is 10.9. The number of carbonyl (C=O) groups excluding carboxylic acids is 1. The van der Waals surface area contributed by atoms with Gasteiger partial charge in [0.15, 0.2) is 0 Å². The van der Waals surface area contributed by atoms with E-state index in [1.807, 2.05) is 30.3 Å². The molecular weight excluding hydrogens is 416 g/mol. The minimum atomic E-state index is -0.197. The number of aromatic amines is 1. The number of benzene rings is 3. The number of thioether (sulfide) groups is 1. The number of aromatic nitrogens is 1. The van der Waals surface area contributed by atoms with E-state index in [4.69, 9.17) is 16.3 Å². The summed E-state index contributed by atoms with van der Waals surface area (Å²) in [6.07, 6.45) is 0. The maximum absolute atomic E-state index is 12.6. The van der Waals surface area contributed by atoms with E-state index in [9.17, 15) is 4.79 Å². The van der Waals surface area contributed by atoms with Crippen molar-refractivity contribution in [3.05, 3.63) is 83.4 Å². The molecule has 0 saturated heterocycles. The summed E-state index contributed by atoms with van der Waals surface area (Å²) in [4.78, 5) is 17.3. The van der Waals surface area contributed by atoms with Crippen molar-refractivity contribution in [2.45, 2.75) is 4.90 Å². The summed E-state index contributed by atoms with van der Waals surface area (Å²) in [5, 5.41) is 4.65. The van der Waals surface area contributed by atoms with Gasteiger partial charge in [0.05, 0.1) is 18.4 Å². The Morgan fingerprint density at radius 3 is 2.63 bits per heavy atom. The summed E-state index contributed by atoms with van der Waals surface area (Å²) in [6.45, 7) is 0.521. The number of fused-ring (bicyclic) bond motifs is 1. The van der Waals surface area contributed by atoms with E-state index in [0.29, 0.717) is 22.9 Å². The Hall–Kier alpha value is -2.89. The molecule has 1 amide bonds. The quantitative estimate of drug-likeness (QED) is 0.275. The number of methoxy groups -OCH3 is 1. The average molecular weight is 437 g/mol. The Morgan fingerprint density at radius 1 is 1.07 bits per heavy atom. The molecule has 0 fully saturated rings. The number of halogens is 1. The zero-order valence-electron chi connectivity index (χ0n) is 16.4. The largest absolute Gasteiger partial charge is 0.496 e. The molecular formula is C24H21ClN2O2S. The lowest BCUT2D eigenvalue weighted by Gasteiger charge is -2.10. The monoisotopic (exact) mass is 436 g/mol. The minimum Gasteiger partial charge on any atom is -0.496 e. The predicted molar refractivity (Wildman–Crippen MR) is 125 cm³/mol. The third kappa shape index (κ3) is 4.32. The fourth-order valence-electron chi connectivity index (χ4n) is 3.34. The van der Waals surface area contributed by atoms with Crippen LogP contribution in [0.1, 0.15) is 10.4 Å². The van der Waals surface area contributed by atoms with E-state index >= 15 is 0 Å². The molecule has 0 bridgehead atoms. The SMILES string of the molecule is COc1ccc(Cl)cc1C(=O)NCCSc1c(-c2ccccc2)[nH]c2ccccc12. The first kappa shape index (κ1) is 20.4. The molecule has 152 valence electrons. The van der Waals surface area contributed by atoms with Gasteiger partial charge in [-0.05, 0) is 29.8 Å². The summed E-state index contributed by atoms with van der Waals surface area (Å²) >= 11 is 7.76. The Labute approximate surface area is 184 Å². The van der Waals surface area contributed by atoms with E-state index < -0.39 is 0 Å². The van der Waals surface area contributed by atoms with Crippen LogP contribution in [0.5, 0.6) is 5.75 Å². The van der Waals surface area contributed by atoms with Crippen LogP contribution in [0, 0.1) is 0 Å². The number of rotatable bonds is 7. The molecule has 6 heteroatoms. The molecule has 0 unspecified atom stereocenters. The molecule has 2 N–H and O–H groups in total. The van der Waals surface area contributed by atoms with Crippen LogP contribution in [0.4, 0.5) is 0 Å². The summed E-state index contributed by atoms with van der Waals surface area (Å²) in [7, 11) is 1.54. The standard InChI is InChI=1S/C24H21ClN2O2S/c1-29-21-12-11-17(25)15-19(21)24(28)26-13-14-30-23-18-9-5-6-10-20(18)27-22(23)16-7-3-2-4-8-16/h2-12,15,27H,13-14H2,1H3,(H,26,28). The van der Waals surface area contributed by atoms with Gasteiger partial charge in [0.1, 0.15) is 5.75 Å². The maximum Gasteiger partial charge on any atom is 0.255 e. The lowest BCUT2D eigenvalue weighted by atomic mass is 10.1. The van der Waals surface area contributed by atoms with Crippen molar-refractivity contribution < 1.29 is 9.53 Å². The van der Waals surface area contributed by atoms with Crippen LogP contribution in [0.15, 0.2) is 77.7 Å². The summed E-state index contributed by atoms with van der Waals surface area (Å²) in [5.41, 5.74) is 3.78. The molecule has 0 aliphatic rings. The predicted octanol–water partition coefficient (Wildman–Crippen LogP) is 6.02. The van der Waals surface area contributed by atoms with Crippen LogP contribution in [-0.4, -0.2) is 30.3 Å². The number of amides is 1. The summed E-state index contributed by atoms with van der Waals surface area (Å²) in [6, 6.07) is 23.6. The van der Waals surface area contributed by atoms with Gasteiger partial charge in [-0.25, -0.2) is 0 Å². The third-order valence-corrected chi connectivity index (χ3v) is 6.12. The highest BCUT2D eigenvalue weighted by atomic mass is 35.5. The molecule has 1 heterocycles. The summed E-state index contributed by atoms with van der Waals surface area (Å²) < 4.78 is 5.27. The van der Waals surface area contributed by atoms with Crippen molar-refractivity contribution in [3.8, 4) is 17.0 Å². The van der Waals surface area contributed by atoms with Gasteiger partial charge in [-0.2, -0.15) is 0 Å². The lowest BCUT2D eigenvalue weighted by Crippen LogP contribution is -2.26. The van der Waals surface area contributed by atoms with Crippen molar-refractivity contribution in [1.82, 2.24) is 10.3 Å². The molecule has 0 radical (unpaired) electrons. The van der Waals surface area contributed by atoms with E-state index in [-0.39, 0.29) is 5.91 Å². The molecule has 30 heavy (non-hydrogen) atoms. The Bertz CT molecular complexity index is 1170. The van der Waals surface area contributed by atoms with Crippen molar-refractivity contribution in [1.29, 1.82) is 0 Å². The van der Waals surface area contributed by atoms with Gasteiger partial charge in [0.25, 0.3) is 5.91 Å². The van der Waals surface area contributed by atoms with E-state index in [1.54, 1.807) is 30.0 Å². The van der Waals surface area contributed by atoms with Gasteiger partial charge in [-0.3, -0.25) is 4.79 Å². The van der Waals surface area contributed by atoms with Crippen LogP contribution < -0.4 is 10.1 Å². The number of hydrogen-bond acceptors (Lipinski definition) is 3. The van der Waals surface area contributed by atoms with Crippen molar-refractivity contribution in [3.63, 3.8) is 0 Å². The fourth-order valence-corrected chi connectivity index (χ4v) is 4.57. The molecule has 4 rings (SSSR count). The maximum atomic E-state index is 12.6. The van der Waals surface area contributed by atoms with Crippen LogP contribution in [0.2, 0.25) is 5.02 Å². The number of carbonyl (C=O) groups is 1. The molecule has 0 atom stereocenters. The van der Waals surface area contributed by atoms with E-state index in [2.05, 4.69) is 34.6 Å². The Morgan fingerprint density at radius 2 is 1.83 bits per heavy atom. The van der Waals surface area contributed by atoms with Crippen LogP contribution in [-0.2, 0) is 0 Å². The Balaban J connectivity index is 1.48. The van der Waals surface area contributed by atoms with Gasteiger partial charge in [-0.1, -0.05) is 60.1 Å². The first-order valence-electron chi connectivity index (χ1n) is 9.58. The third-order valence-electron chi connectivity index (χ3n) is 4.76. The molecule has 4 aromatic rings. The highest BCUT2D eigenvalue weighted by molar-refractivity contribution is 7.99. The molecule has 0 spiro atoms. The number of H-pyrrole nitrogens is 1. The lowest BCUT2D eigenvalue weighted by molar-refractivity contribution is 0.0953. The topological polar surface area (TPSA) is 54.1 Å². The molecule has 0 saturated carbocycles. The second-order valence-corrected chi connectivity index (χ2v) is 8.23. The van der Waals surface area contributed by atoms with Crippen LogP contribution in [0.3, 0.4) is 0 Å². The van der Waals surface area contributed by atoms with Crippen molar-refractivity contribution >= 4 is 40.2 Å². The first-order chi connectivity index (χ1) is 14.7. The first-order valence-corrected chi connectivity index (χ1v) is 10.9. The molecule has 1 aromatic heterocycles. The second kappa shape index (κ2) is 9.28. The second-order valence-electron chi connectivity index (χ2n) is 6.69. The molecule has 4 nitrogen and oxygen atoms in total. The number of nitrogens with one attached hydrogen (secondary N) is 2. The van der Waals surface area contributed by atoms with Crippen LogP contribution in [0.25, 0.3) is 22.2 Å². The molecule has 0 aliphatic heterocycles. The summed E-state index contributed by atoms with van der Waals surface area (Å²) in [5.74, 6) is 1.04. The van der Waals surface area contributed by atoms with Gasteiger partial charge < -0.3 is 15.0 Å². The van der Waals surface area contributed by atoms with Gasteiger partial charge in [-0.15, -0.1) is 11.8 Å². The highest BCUT2D eigenvalue weighted by Gasteiger charge is 2.15. The van der Waals surface area contributed by atoms with Crippen LogP contribution >= 0.6 is 23.4 Å². The van der Waals surface area contributed by atoms with Gasteiger partial charge >= 0.3 is 0 Å². The number of para-hydroxylation sites is 1.